The molecule has 1 unspecified atom stereocenters. The average Bonchev–Trinajstić information content (AvgIpc) is 2.68. The monoisotopic (exact) mass is 260 g/mol. The van der Waals surface area contributed by atoms with Gasteiger partial charge in [0.15, 0.2) is 0 Å². The Bertz CT molecular complexity index is 435. The normalized spacial score (nSPS) is 20.8. The number of hydrogen-bond acceptors (Lipinski definition) is 5. The summed E-state index contributed by atoms with van der Waals surface area (Å²) < 4.78 is 0.220. The summed E-state index contributed by atoms with van der Waals surface area (Å²) in [7, 11) is 0. The van der Waals surface area contributed by atoms with Gasteiger partial charge in [0.1, 0.15) is 6.04 Å². The van der Waals surface area contributed by atoms with Crippen LogP contribution < -0.4 is 5.32 Å². The number of piperazine rings is 1. The molecule has 2 rings (SSSR count). The number of halogens is 1. The van der Waals surface area contributed by atoms with Crippen molar-refractivity contribution in [3.63, 3.8) is 0 Å². The first-order valence-electron chi connectivity index (χ1n) is 4.67. The summed E-state index contributed by atoms with van der Waals surface area (Å²) in [5, 5.41) is 10.1. The van der Waals surface area contributed by atoms with Gasteiger partial charge in [-0.25, -0.2) is 0 Å². The third-order valence-electron chi connectivity index (χ3n) is 2.34. The highest BCUT2D eigenvalue weighted by Crippen LogP contribution is 2.18. The smallest absolute Gasteiger partial charge is 0.285 e. The van der Waals surface area contributed by atoms with E-state index in [1.807, 2.05) is 0 Å². The van der Waals surface area contributed by atoms with Gasteiger partial charge < -0.3 is 10.2 Å². The topological polar surface area (TPSA) is 75.2 Å². The van der Waals surface area contributed by atoms with E-state index in [4.69, 9.17) is 11.6 Å². The van der Waals surface area contributed by atoms with Crippen LogP contribution in [0.4, 0.5) is 0 Å². The summed E-state index contributed by atoms with van der Waals surface area (Å²) in [4.78, 5) is 24.8. The summed E-state index contributed by atoms with van der Waals surface area (Å²) in [5.41, 5.74) is 0. The Morgan fingerprint density at radius 2 is 2.38 bits per heavy atom. The number of amides is 2. The van der Waals surface area contributed by atoms with Crippen LogP contribution in [0, 0.1) is 0 Å². The largest absolute Gasteiger partial charge is 0.353 e. The molecule has 1 fully saturated rings. The second kappa shape index (κ2) is 4.34. The molecule has 1 aliphatic rings. The molecule has 2 amide bonds. The molecule has 8 heteroatoms. The van der Waals surface area contributed by atoms with Crippen molar-refractivity contribution in [1.82, 2.24) is 20.4 Å². The number of rotatable bonds is 1. The van der Waals surface area contributed by atoms with Crippen molar-refractivity contribution in [3.05, 3.63) is 9.47 Å². The van der Waals surface area contributed by atoms with Crippen molar-refractivity contribution < 1.29 is 9.59 Å². The van der Waals surface area contributed by atoms with Gasteiger partial charge in [0.2, 0.25) is 15.4 Å². The van der Waals surface area contributed by atoms with Crippen LogP contribution in [0.5, 0.6) is 0 Å². The zero-order chi connectivity index (χ0) is 11.7. The lowest BCUT2D eigenvalue weighted by molar-refractivity contribution is -0.127. The number of hydrogen-bond donors (Lipinski definition) is 1. The predicted octanol–water partition coefficient (Wildman–Crippen LogP) is 0.152. The standard InChI is InChI=1S/C8H9ClN4O2S/c1-4-5(14)10-2-3-13(4)7(15)6-11-12-8(9)16-6/h4H,2-3H2,1H3,(H,10,14). The minimum Gasteiger partial charge on any atom is -0.353 e. The molecule has 2 heterocycles. The molecule has 1 aromatic rings. The van der Waals surface area contributed by atoms with Gasteiger partial charge >= 0.3 is 0 Å². The van der Waals surface area contributed by atoms with Gasteiger partial charge in [-0.15, -0.1) is 10.2 Å². The quantitative estimate of drug-likeness (QED) is 0.780. The van der Waals surface area contributed by atoms with Gasteiger partial charge in [-0.1, -0.05) is 11.3 Å². The molecule has 0 saturated carbocycles. The van der Waals surface area contributed by atoms with Crippen LogP contribution in [0.15, 0.2) is 0 Å². The lowest BCUT2D eigenvalue weighted by Gasteiger charge is -2.31. The van der Waals surface area contributed by atoms with E-state index in [1.165, 1.54) is 4.90 Å². The van der Waals surface area contributed by atoms with Crippen molar-refractivity contribution in [1.29, 1.82) is 0 Å². The van der Waals surface area contributed by atoms with E-state index >= 15 is 0 Å². The molecule has 86 valence electrons. The van der Waals surface area contributed by atoms with E-state index in [0.29, 0.717) is 13.1 Å². The Morgan fingerprint density at radius 3 is 3.00 bits per heavy atom. The number of carbonyl (C=O) groups is 2. The Morgan fingerprint density at radius 1 is 1.62 bits per heavy atom. The molecule has 1 N–H and O–H groups in total. The second-order valence-electron chi connectivity index (χ2n) is 3.33. The molecule has 1 aromatic heterocycles. The number of carbonyl (C=O) groups excluding carboxylic acids is 2. The van der Waals surface area contributed by atoms with Crippen LogP contribution in [0.3, 0.4) is 0 Å². The van der Waals surface area contributed by atoms with E-state index in [9.17, 15) is 9.59 Å². The highest BCUT2D eigenvalue weighted by molar-refractivity contribution is 7.17. The number of nitrogens with zero attached hydrogens (tertiary/aromatic N) is 3. The van der Waals surface area contributed by atoms with Gasteiger partial charge in [-0.05, 0) is 18.5 Å². The Kier molecular flexibility index (Phi) is 3.06. The summed E-state index contributed by atoms with van der Waals surface area (Å²) in [6.45, 7) is 2.61. The lowest BCUT2D eigenvalue weighted by Crippen LogP contribution is -2.55. The van der Waals surface area contributed by atoms with Gasteiger partial charge in [-0.2, -0.15) is 0 Å². The molecule has 0 spiro atoms. The third kappa shape index (κ3) is 2.00. The SMILES string of the molecule is CC1C(=O)NCCN1C(=O)c1nnc(Cl)s1. The van der Waals surface area contributed by atoms with E-state index in [2.05, 4.69) is 15.5 Å². The highest BCUT2D eigenvalue weighted by atomic mass is 35.5. The molecule has 0 aliphatic carbocycles. The van der Waals surface area contributed by atoms with Crippen LogP contribution in [0.2, 0.25) is 4.47 Å². The van der Waals surface area contributed by atoms with Gasteiger partial charge in [0.25, 0.3) is 5.91 Å². The van der Waals surface area contributed by atoms with Crippen LogP contribution in [0.1, 0.15) is 16.7 Å². The molecule has 1 atom stereocenters. The molecule has 6 nitrogen and oxygen atoms in total. The molecule has 16 heavy (non-hydrogen) atoms. The fraction of sp³-hybridized carbons (Fsp3) is 0.500. The van der Waals surface area contributed by atoms with Crippen molar-refractivity contribution in [2.45, 2.75) is 13.0 Å². The van der Waals surface area contributed by atoms with E-state index < -0.39 is 6.04 Å². The van der Waals surface area contributed by atoms with Crippen molar-refractivity contribution in [2.75, 3.05) is 13.1 Å². The van der Waals surface area contributed by atoms with Crippen LogP contribution in [0.25, 0.3) is 0 Å². The molecule has 0 aromatic carbocycles. The minimum absolute atomic E-state index is 0.157. The maximum absolute atomic E-state index is 12.0. The van der Waals surface area contributed by atoms with Crippen molar-refractivity contribution in [2.24, 2.45) is 0 Å². The summed E-state index contributed by atoms with van der Waals surface area (Å²) >= 11 is 6.62. The Balaban J connectivity index is 2.18. The Labute approximate surface area is 101 Å². The molecule has 0 bridgehead atoms. The highest BCUT2D eigenvalue weighted by Gasteiger charge is 2.31. The molecule has 1 saturated heterocycles. The first-order chi connectivity index (χ1) is 7.59. The summed E-state index contributed by atoms with van der Waals surface area (Å²) in [6, 6.07) is -0.482. The Hall–Kier alpha value is -1.21. The first-order valence-corrected chi connectivity index (χ1v) is 5.86. The van der Waals surface area contributed by atoms with Crippen LogP contribution >= 0.6 is 22.9 Å². The fourth-order valence-corrected chi connectivity index (χ4v) is 2.26. The van der Waals surface area contributed by atoms with E-state index in [1.54, 1.807) is 6.92 Å². The van der Waals surface area contributed by atoms with Gasteiger partial charge in [0.05, 0.1) is 0 Å². The zero-order valence-corrected chi connectivity index (χ0v) is 10.0. The molecular formula is C8H9ClN4O2S. The molecular weight excluding hydrogens is 252 g/mol. The second-order valence-corrected chi connectivity index (χ2v) is 4.89. The summed E-state index contributed by atoms with van der Waals surface area (Å²) in [6.07, 6.45) is 0. The van der Waals surface area contributed by atoms with Crippen LogP contribution in [-0.4, -0.2) is 46.0 Å². The number of nitrogens with one attached hydrogen (secondary N) is 1. The number of aromatic nitrogens is 2. The van der Waals surface area contributed by atoms with E-state index in [-0.39, 0.29) is 21.3 Å². The van der Waals surface area contributed by atoms with E-state index in [0.717, 1.165) is 11.3 Å². The fourth-order valence-electron chi connectivity index (χ4n) is 1.47. The lowest BCUT2D eigenvalue weighted by atomic mass is 10.2. The summed E-state index contributed by atoms with van der Waals surface area (Å²) in [5.74, 6) is -0.457. The van der Waals surface area contributed by atoms with Crippen molar-refractivity contribution >= 4 is 34.8 Å². The maximum Gasteiger partial charge on any atom is 0.285 e. The van der Waals surface area contributed by atoms with Crippen LogP contribution in [-0.2, 0) is 4.79 Å². The minimum atomic E-state index is -0.482. The predicted molar refractivity (Wildman–Crippen MR) is 58.4 cm³/mol. The van der Waals surface area contributed by atoms with Gasteiger partial charge in [0, 0.05) is 13.1 Å². The zero-order valence-electron chi connectivity index (χ0n) is 8.44. The molecule has 1 aliphatic heterocycles. The third-order valence-corrected chi connectivity index (χ3v) is 3.35. The average molecular weight is 261 g/mol. The first kappa shape index (κ1) is 11.3. The molecule has 0 radical (unpaired) electrons. The van der Waals surface area contributed by atoms with Gasteiger partial charge in [-0.3, -0.25) is 9.59 Å². The maximum atomic E-state index is 12.0. The van der Waals surface area contributed by atoms with Crippen molar-refractivity contribution in [3.8, 4) is 0 Å².